The highest BCUT2D eigenvalue weighted by Crippen LogP contribution is 1.94. The van der Waals surface area contributed by atoms with E-state index in [-0.39, 0.29) is 5.12 Å². The maximum absolute atomic E-state index is 10.4. The number of hydrogen-bond donors (Lipinski definition) is 4. The fraction of sp³-hybridized carbons (Fsp3) is 0.800. The molecule has 0 aromatic carbocycles. The maximum atomic E-state index is 10.4. The van der Waals surface area contributed by atoms with E-state index in [1.54, 1.807) is 0 Å². The molecule has 0 aromatic heterocycles. The van der Waals surface area contributed by atoms with Crippen molar-refractivity contribution in [2.75, 3.05) is 13.1 Å². The van der Waals surface area contributed by atoms with E-state index in [1.165, 1.54) is 0 Å². The molecule has 0 saturated heterocycles. The Morgan fingerprint density at radius 2 is 2.30 bits per heavy atom. The summed E-state index contributed by atoms with van der Waals surface area (Å²) >= 11 is 7.51. The van der Waals surface area contributed by atoms with Crippen molar-refractivity contribution in [1.29, 1.82) is 0 Å². The van der Waals surface area contributed by atoms with Crippen LogP contribution in [0, 0.1) is 0 Å². The molecule has 1 unspecified atom stereocenters. The SMILES string of the molecule is NCCCNC(S)C(=O)S. The molecule has 0 radical (unpaired) electrons. The summed E-state index contributed by atoms with van der Waals surface area (Å²) in [6.45, 7) is 1.32. The second-order valence-corrected chi connectivity index (χ2v) is 2.79. The lowest BCUT2D eigenvalue weighted by Gasteiger charge is -2.06. The number of nitrogens with one attached hydrogen (secondary N) is 1. The number of rotatable bonds is 5. The fourth-order valence-electron chi connectivity index (χ4n) is 0.428. The zero-order valence-corrected chi connectivity index (χ0v) is 7.37. The number of carbonyl (C=O) groups is 1. The Morgan fingerprint density at radius 1 is 1.70 bits per heavy atom. The van der Waals surface area contributed by atoms with Gasteiger partial charge in [0, 0.05) is 0 Å². The molecule has 0 aliphatic heterocycles. The van der Waals surface area contributed by atoms with Crippen molar-refractivity contribution >= 4 is 30.4 Å². The molecule has 0 aliphatic carbocycles. The molecule has 0 rings (SSSR count). The third-order valence-corrected chi connectivity index (χ3v) is 1.83. The zero-order valence-electron chi connectivity index (χ0n) is 5.58. The fourth-order valence-corrected chi connectivity index (χ4v) is 0.649. The van der Waals surface area contributed by atoms with E-state index in [2.05, 4.69) is 30.6 Å². The van der Waals surface area contributed by atoms with E-state index in [4.69, 9.17) is 5.73 Å². The van der Waals surface area contributed by atoms with Crippen LogP contribution in [0.2, 0.25) is 0 Å². The third-order valence-electron chi connectivity index (χ3n) is 0.953. The van der Waals surface area contributed by atoms with Gasteiger partial charge in [-0.3, -0.25) is 10.1 Å². The van der Waals surface area contributed by atoms with Gasteiger partial charge in [0.25, 0.3) is 0 Å². The molecule has 3 nitrogen and oxygen atoms in total. The Kier molecular flexibility index (Phi) is 6.20. The van der Waals surface area contributed by atoms with Gasteiger partial charge in [-0.1, -0.05) is 0 Å². The summed E-state index contributed by atoms with van der Waals surface area (Å²) in [6, 6.07) is 0. The molecule has 1 atom stereocenters. The second-order valence-electron chi connectivity index (χ2n) is 1.84. The van der Waals surface area contributed by atoms with Crippen molar-refractivity contribution in [3.05, 3.63) is 0 Å². The van der Waals surface area contributed by atoms with Crippen LogP contribution in [-0.2, 0) is 4.79 Å². The summed E-state index contributed by atoms with van der Waals surface area (Å²) in [5.41, 5.74) is 5.22. The van der Waals surface area contributed by atoms with Gasteiger partial charge in [0.1, 0.15) is 5.37 Å². The van der Waals surface area contributed by atoms with Crippen molar-refractivity contribution in [2.45, 2.75) is 11.8 Å². The van der Waals surface area contributed by atoms with Gasteiger partial charge in [-0.15, -0.1) is 12.6 Å². The topological polar surface area (TPSA) is 55.1 Å². The summed E-state index contributed by atoms with van der Waals surface area (Å²) in [6.07, 6.45) is 0.845. The predicted molar refractivity (Wildman–Crippen MR) is 48.4 cm³/mol. The van der Waals surface area contributed by atoms with E-state index >= 15 is 0 Å². The minimum atomic E-state index is -0.463. The highest BCUT2D eigenvalue weighted by molar-refractivity contribution is 7.99. The van der Waals surface area contributed by atoms with E-state index in [9.17, 15) is 4.79 Å². The molecule has 5 heteroatoms. The van der Waals surface area contributed by atoms with Gasteiger partial charge in [-0.2, -0.15) is 12.6 Å². The minimum Gasteiger partial charge on any atom is -0.330 e. The van der Waals surface area contributed by atoms with Crippen molar-refractivity contribution in [3.8, 4) is 0 Å². The van der Waals surface area contributed by atoms with Gasteiger partial charge in [0.05, 0.1) is 0 Å². The second kappa shape index (κ2) is 6.03. The average Bonchev–Trinajstić information content (AvgIpc) is 1.88. The van der Waals surface area contributed by atoms with Gasteiger partial charge in [-0.05, 0) is 19.5 Å². The van der Waals surface area contributed by atoms with Gasteiger partial charge in [-0.25, -0.2) is 0 Å². The Balaban J connectivity index is 3.21. The van der Waals surface area contributed by atoms with Gasteiger partial charge < -0.3 is 5.73 Å². The Labute approximate surface area is 71.6 Å². The number of thiol groups is 2. The first kappa shape index (κ1) is 10.3. The van der Waals surface area contributed by atoms with Gasteiger partial charge in [0.15, 0.2) is 0 Å². The summed E-state index contributed by atoms with van der Waals surface area (Å²) < 4.78 is 0. The van der Waals surface area contributed by atoms with Crippen LogP contribution in [0.1, 0.15) is 6.42 Å². The number of carbonyl (C=O) groups excluding carboxylic acids is 1. The normalized spacial score (nSPS) is 13.1. The molecule has 0 spiro atoms. The lowest BCUT2D eigenvalue weighted by molar-refractivity contribution is -0.110. The van der Waals surface area contributed by atoms with Gasteiger partial charge in [0.2, 0.25) is 5.12 Å². The minimum absolute atomic E-state index is 0.264. The van der Waals surface area contributed by atoms with Crippen LogP contribution in [0.5, 0.6) is 0 Å². The zero-order chi connectivity index (χ0) is 7.98. The molecule has 0 amide bonds. The smallest absolute Gasteiger partial charge is 0.212 e. The molecule has 0 aromatic rings. The van der Waals surface area contributed by atoms with Crippen LogP contribution in [0.15, 0.2) is 0 Å². The van der Waals surface area contributed by atoms with Crippen LogP contribution in [0.25, 0.3) is 0 Å². The van der Waals surface area contributed by atoms with Crippen LogP contribution in [-0.4, -0.2) is 23.6 Å². The molecule has 3 N–H and O–H groups in total. The molecule has 0 fully saturated rings. The Morgan fingerprint density at radius 3 is 2.70 bits per heavy atom. The predicted octanol–water partition coefficient (Wildman–Crippen LogP) is -0.363. The molecule has 10 heavy (non-hydrogen) atoms. The molecule has 0 heterocycles. The Bertz CT molecular complexity index is 110. The first-order chi connectivity index (χ1) is 4.68. The molecule has 0 aliphatic rings. The molecular weight excluding hydrogens is 168 g/mol. The van der Waals surface area contributed by atoms with Crippen molar-refractivity contribution in [1.82, 2.24) is 5.32 Å². The lowest BCUT2D eigenvalue weighted by Crippen LogP contribution is -2.30. The van der Waals surface area contributed by atoms with Crippen molar-refractivity contribution in [2.24, 2.45) is 5.73 Å². The summed E-state index contributed by atoms with van der Waals surface area (Å²) in [5.74, 6) is 0. The molecule has 0 saturated carbocycles. The van der Waals surface area contributed by atoms with Gasteiger partial charge >= 0.3 is 0 Å². The monoisotopic (exact) mass is 180 g/mol. The maximum Gasteiger partial charge on any atom is 0.212 e. The standard InChI is InChI=1S/C5H12N2OS2/c6-2-1-3-7-4(9)5(8)10/h4,7,9H,1-3,6H2,(H,8,10). The van der Waals surface area contributed by atoms with Crippen LogP contribution in [0.3, 0.4) is 0 Å². The quantitative estimate of drug-likeness (QED) is 0.265. The molecule has 0 bridgehead atoms. The third kappa shape index (κ3) is 5.10. The lowest BCUT2D eigenvalue weighted by atomic mass is 10.4. The molecular formula is C5H12N2OS2. The first-order valence-electron chi connectivity index (χ1n) is 3.03. The van der Waals surface area contributed by atoms with Crippen LogP contribution < -0.4 is 11.1 Å². The molecule has 60 valence electrons. The van der Waals surface area contributed by atoms with E-state index in [0.717, 1.165) is 6.42 Å². The highest BCUT2D eigenvalue weighted by atomic mass is 32.1. The van der Waals surface area contributed by atoms with Crippen molar-refractivity contribution in [3.63, 3.8) is 0 Å². The largest absolute Gasteiger partial charge is 0.330 e. The van der Waals surface area contributed by atoms with E-state index in [1.807, 2.05) is 0 Å². The van der Waals surface area contributed by atoms with Crippen molar-refractivity contribution < 1.29 is 4.79 Å². The van der Waals surface area contributed by atoms with E-state index in [0.29, 0.717) is 13.1 Å². The summed E-state index contributed by atoms with van der Waals surface area (Å²) in [4.78, 5) is 10.4. The number of hydrogen-bond acceptors (Lipinski definition) is 4. The Hall–Kier alpha value is 0.290. The summed E-state index contributed by atoms with van der Waals surface area (Å²) in [7, 11) is 0. The van der Waals surface area contributed by atoms with E-state index < -0.39 is 5.37 Å². The van der Waals surface area contributed by atoms with Crippen LogP contribution in [0.4, 0.5) is 0 Å². The highest BCUT2D eigenvalue weighted by Gasteiger charge is 2.06. The summed E-state index contributed by atoms with van der Waals surface area (Å²) in [5, 5.41) is 2.11. The van der Waals surface area contributed by atoms with Crippen LogP contribution >= 0.6 is 25.3 Å². The number of nitrogens with two attached hydrogens (primary N) is 1. The first-order valence-corrected chi connectivity index (χ1v) is 3.99. The average molecular weight is 180 g/mol.